The van der Waals surface area contributed by atoms with Gasteiger partial charge in [-0.1, -0.05) is 86.6 Å². The molecule has 11 heteroatoms. The summed E-state index contributed by atoms with van der Waals surface area (Å²) in [6.07, 6.45) is -5.26. The van der Waals surface area contributed by atoms with Crippen molar-refractivity contribution < 1.29 is 45.8 Å². The molecule has 5 nitrogen and oxygen atoms in total. The lowest BCUT2D eigenvalue weighted by molar-refractivity contribution is -0.139. The first kappa shape index (κ1) is 45.0. The third-order valence-corrected chi connectivity index (χ3v) is 9.86. The molecule has 0 fully saturated rings. The van der Waals surface area contributed by atoms with Gasteiger partial charge in [0.15, 0.2) is 5.78 Å². The van der Waals surface area contributed by atoms with Crippen LogP contribution in [0.4, 0.5) is 32.0 Å². The highest BCUT2D eigenvalue weighted by Crippen LogP contribution is 2.46. The van der Waals surface area contributed by atoms with Gasteiger partial charge in [0.25, 0.3) is 0 Å². The van der Waals surface area contributed by atoms with Crippen LogP contribution in [0.1, 0.15) is 137 Å². The van der Waals surface area contributed by atoms with Crippen LogP contribution in [0.2, 0.25) is 0 Å². The largest absolute Gasteiger partial charge is 0.478 e. The molecule has 0 bridgehead atoms. The first-order valence-electron chi connectivity index (χ1n) is 18.3. The summed E-state index contributed by atoms with van der Waals surface area (Å²) in [6, 6.07) is 14.3. The Balaban J connectivity index is 0.000000360. The van der Waals surface area contributed by atoms with E-state index in [4.69, 9.17) is 5.11 Å². The highest BCUT2D eigenvalue weighted by molar-refractivity contribution is 5.98. The minimum Gasteiger partial charge on any atom is -0.478 e. The summed E-state index contributed by atoms with van der Waals surface area (Å²) in [6.45, 7) is 19.0. The lowest BCUT2D eigenvalue weighted by Gasteiger charge is -2.41. The number of aryl methyl sites for hydroxylation is 2. The van der Waals surface area contributed by atoms with Crippen molar-refractivity contribution in [1.82, 2.24) is 0 Å². The van der Waals surface area contributed by atoms with Crippen molar-refractivity contribution in [3.63, 3.8) is 0 Å². The molecule has 55 heavy (non-hydrogen) atoms. The van der Waals surface area contributed by atoms with Crippen LogP contribution in [0, 0.1) is 16.7 Å². The molecule has 1 aliphatic heterocycles. The van der Waals surface area contributed by atoms with E-state index in [1.807, 2.05) is 62.3 Å². The van der Waals surface area contributed by atoms with E-state index >= 15 is 0 Å². The van der Waals surface area contributed by atoms with Gasteiger partial charge in [-0.25, -0.2) is 4.79 Å². The van der Waals surface area contributed by atoms with Gasteiger partial charge in [0.1, 0.15) is 0 Å². The SMILES string of the molecule is CC(=O)c1ccc(CCC(C)(C)C)c(C(F)(F)F)c1.CC(C)C1=CN(c2ccc(C(=O)O)cc2)C(=O)C[C@@]1(C)c1ccc(CCC(C)(C)C)c(C(F)(F)F)c1. The molecule has 1 amide bonds. The summed E-state index contributed by atoms with van der Waals surface area (Å²) in [5.74, 6) is -1.73. The zero-order valence-electron chi connectivity index (χ0n) is 33.4. The van der Waals surface area contributed by atoms with Crippen LogP contribution >= 0.6 is 0 Å². The van der Waals surface area contributed by atoms with Crippen LogP contribution in [-0.4, -0.2) is 22.8 Å². The highest BCUT2D eigenvalue weighted by Gasteiger charge is 2.43. The van der Waals surface area contributed by atoms with E-state index in [1.165, 1.54) is 42.2 Å². The van der Waals surface area contributed by atoms with E-state index < -0.39 is 34.9 Å². The molecule has 1 heterocycles. The number of carboxylic acids is 1. The van der Waals surface area contributed by atoms with Crippen LogP contribution < -0.4 is 4.90 Å². The van der Waals surface area contributed by atoms with Crippen LogP contribution in [0.15, 0.2) is 72.4 Å². The number of carbonyl (C=O) groups is 3. The van der Waals surface area contributed by atoms with Gasteiger partial charge in [-0.3, -0.25) is 14.5 Å². The summed E-state index contributed by atoms with van der Waals surface area (Å²) in [5, 5.41) is 9.15. The molecule has 300 valence electrons. The number of carbonyl (C=O) groups excluding carboxylic acids is 2. The van der Waals surface area contributed by atoms with E-state index in [1.54, 1.807) is 30.5 Å². The zero-order valence-corrected chi connectivity index (χ0v) is 33.4. The van der Waals surface area contributed by atoms with Gasteiger partial charge in [-0.2, -0.15) is 26.3 Å². The minimum atomic E-state index is -4.50. The molecule has 3 aromatic carbocycles. The van der Waals surface area contributed by atoms with Crippen LogP contribution in [0.3, 0.4) is 0 Å². The van der Waals surface area contributed by atoms with Crippen molar-refractivity contribution in [1.29, 1.82) is 0 Å². The van der Waals surface area contributed by atoms with E-state index in [2.05, 4.69) is 0 Å². The smallest absolute Gasteiger partial charge is 0.416 e. The first-order valence-corrected chi connectivity index (χ1v) is 18.3. The van der Waals surface area contributed by atoms with Gasteiger partial charge < -0.3 is 5.11 Å². The lowest BCUT2D eigenvalue weighted by atomic mass is 9.67. The Morgan fingerprint density at radius 3 is 1.62 bits per heavy atom. The summed E-state index contributed by atoms with van der Waals surface area (Å²) in [7, 11) is 0. The molecule has 1 atom stereocenters. The van der Waals surface area contributed by atoms with Gasteiger partial charge in [-0.05, 0) is 108 Å². The Morgan fingerprint density at radius 1 is 0.745 bits per heavy atom. The third-order valence-electron chi connectivity index (χ3n) is 9.86. The van der Waals surface area contributed by atoms with Crippen molar-refractivity contribution in [3.05, 3.63) is 111 Å². The van der Waals surface area contributed by atoms with Crippen LogP contribution in [-0.2, 0) is 35.4 Å². The number of hydrogen-bond donors (Lipinski definition) is 1. The molecule has 0 spiro atoms. The number of ketones is 1. The molecule has 0 aliphatic carbocycles. The topological polar surface area (TPSA) is 74.7 Å². The molecule has 1 N–H and O–H groups in total. The van der Waals surface area contributed by atoms with E-state index in [-0.39, 0.29) is 57.1 Å². The maximum Gasteiger partial charge on any atom is 0.416 e. The van der Waals surface area contributed by atoms with Crippen molar-refractivity contribution >= 4 is 23.3 Å². The predicted molar refractivity (Wildman–Crippen MR) is 204 cm³/mol. The fourth-order valence-corrected chi connectivity index (χ4v) is 6.58. The molecule has 0 radical (unpaired) electrons. The number of alkyl halides is 6. The van der Waals surface area contributed by atoms with E-state index in [9.17, 15) is 40.7 Å². The fraction of sp³-hybridized carbons (Fsp3) is 0.477. The minimum absolute atomic E-state index is 0.00364. The van der Waals surface area contributed by atoms with Crippen molar-refractivity contribution in [2.45, 2.75) is 119 Å². The Labute approximate surface area is 320 Å². The first-order chi connectivity index (χ1) is 25.0. The van der Waals surface area contributed by atoms with Gasteiger partial charge >= 0.3 is 18.3 Å². The predicted octanol–water partition coefficient (Wildman–Crippen LogP) is 12.5. The van der Waals surface area contributed by atoms with E-state index in [0.29, 0.717) is 36.9 Å². The second-order valence-corrected chi connectivity index (χ2v) is 17.3. The number of rotatable bonds is 9. The zero-order chi connectivity index (χ0) is 41.9. The highest BCUT2D eigenvalue weighted by atomic mass is 19.4. The summed E-state index contributed by atoms with van der Waals surface area (Å²) in [5.41, 5.74) is 0.171. The Hall–Kier alpha value is -4.41. The number of hydrogen-bond acceptors (Lipinski definition) is 3. The van der Waals surface area contributed by atoms with Gasteiger partial charge in [0, 0.05) is 29.3 Å². The van der Waals surface area contributed by atoms with Gasteiger partial charge in [-0.15, -0.1) is 0 Å². The number of allylic oxidation sites excluding steroid dienone is 1. The van der Waals surface area contributed by atoms with Crippen LogP contribution in [0.25, 0.3) is 0 Å². The molecule has 0 unspecified atom stereocenters. The molecule has 0 saturated carbocycles. The van der Waals surface area contributed by atoms with E-state index in [0.717, 1.165) is 11.6 Å². The monoisotopic (exact) mass is 773 g/mol. The third kappa shape index (κ3) is 12.0. The van der Waals surface area contributed by atoms with Gasteiger partial charge in [0.2, 0.25) is 5.91 Å². The molecule has 1 aliphatic rings. The maximum absolute atomic E-state index is 14.1. The number of amides is 1. The fourth-order valence-electron chi connectivity index (χ4n) is 6.58. The molecule has 0 aromatic heterocycles. The average Bonchev–Trinajstić information content (AvgIpc) is 3.05. The van der Waals surface area contributed by atoms with Crippen molar-refractivity contribution in [2.24, 2.45) is 16.7 Å². The molecule has 3 aromatic rings. The number of benzene rings is 3. The van der Waals surface area contributed by atoms with Crippen molar-refractivity contribution in [3.8, 4) is 0 Å². The van der Waals surface area contributed by atoms with Gasteiger partial charge in [0.05, 0.1) is 16.7 Å². The Kier molecular flexibility index (Phi) is 13.7. The summed E-state index contributed by atoms with van der Waals surface area (Å²) in [4.78, 5) is 37.1. The Bertz CT molecular complexity index is 1890. The second-order valence-electron chi connectivity index (χ2n) is 17.3. The number of halogens is 6. The molecule has 4 rings (SSSR count). The standard InChI is InChI=1S/C29H34F3NO3.C15H19F3O/c1-18(2)24-17-33(22-11-8-20(9-12-22)26(35)36)25(34)16-28(24,6)21-10-7-19(13-14-27(3,4)5)23(15-21)29(30,31)32;1-10(19)12-6-5-11(7-8-14(2,3)4)13(9-12)15(16,17)18/h7-12,15,17-18H,13-14,16H2,1-6H3,(H,35,36);5-6,9H,7-8H2,1-4H3/t28-;/m0./s1. The summed E-state index contributed by atoms with van der Waals surface area (Å²) >= 11 is 0. The second kappa shape index (κ2) is 16.8. The maximum atomic E-state index is 14.1. The number of aromatic carboxylic acids is 1. The number of anilines is 1. The molecule has 0 saturated heterocycles. The number of Topliss-reactive ketones (excluding diaryl/α,β-unsaturated/α-hetero) is 1. The quantitative estimate of drug-likeness (QED) is 0.174. The average molecular weight is 774 g/mol. The molecular formula is C44H53F6NO4. The normalized spacial score (nSPS) is 16.8. The number of carboxylic acid groups (broad SMARTS) is 1. The molecular weight excluding hydrogens is 720 g/mol. The summed E-state index contributed by atoms with van der Waals surface area (Å²) < 4.78 is 81.3. The van der Waals surface area contributed by atoms with Crippen LogP contribution in [0.5, 0.6) is 0 Å². The number of nitrogens with zero attached hydrogens (tertiary/aromatic N) is 1. The van der Waals surface area contributed by atoms with Crippen molar-refractivity contribution in [2.75, 3.05) is 4.90 Å². The lowest BCUT2D eigenvalue weighted by Crippen LogP contribution is -2.42. The Morgan fingerprint density at radius 2 is 1.20 bits per heavy atom.